The first-order chi connectivity index (χ1) is 9.04. The van der Waals surface area contributed by atoms with Gasteiger partial charge >= 0.3 is 5.97 Å². The highest BCUT2D eigenvalue weighted by Gasteiger charge is 2.10. The molecule has 2 aromatic heterocycles. The van der Waals surface area contributed by atoms with Crippen molar-refractivity contribution in [3.05, 3.63) is 35.2 Å². The van der Waals surface area contributed by atoms with E-state index in [1.54, 1.807) is 30.2 Å². The standard InChI is InChI=1S/C12H12ClN3O3/c1-16-7-10(6-15-16)19-12-8(2-3-11(17)18)4-9(13)5-14-12/h4-7H,2-3H2,1H3,(H,17,18). The number of hydrogen-bond acceptors (Lipinski definition) is 4. The van der Waals surface area contributed by atoms with Gasteiger partial charge in [-0.05, 0) is 12.5 Å². The van der Waals surface area contributed by atoms with Gasteiger partial charge in [-0.1, -0.05) is 11.6 Å². The number of carbonyl (C=O) groups is 1. The fraction of sp³-hybridized carbons (Fsp3) is 0.250. The number of pyridine rings is 1. The highest BCUT2D eigenvalue weighted by Crippen LogP contribution is 2.25. The van der Waals surface area contributed by atoms with Gasteiger partial charge in [0.05, 0.1) is 17.4 Å². The van der Waals surface area contributed by atoms with E-state index in [-0.39, 0.29) is 6.42 Å². The summed E-state index contributed by atoms with van der Waals surface area (Å²) in [4.78, 5) is 14.7. The van der Waals surface area contributed by atoms with E-state index in [1.165, 1.54) is 6.20 Å². The number of ether oxygens (including phenoxy) is 1. The zero-order chi connectivity index (χ0) is 13.8. The average Bonchev–Trinajstić information content (AvgIpc) is 2.75. The molecular formula is C12H12ClN3O3. The zero-order valence-corrected chi connectivity index (χ0v) is 11.0. The summed E-state index contributed by atoms with van der Waals surface area (Å²) >= 11 is 5.86. The summed E-state index contributed by atoms with van der Waals surface area (Å²) in [6.07, 6.45) is 5.00. The predicted octanol–water partition coefficient (Wildman–Crippen LogP) is 2.28. The third kappa shape index (κ3) is 3.69. The summed E-state index contributed by atoms with van der Waals surface area (Å²) in [5, 5.41) is 13.1. The summed E-state index contributed by atoms with van der Waals surface area (Å²) in [7, 11) is 1.77. The van der Waals surface area contributed by atoms with Crippen molar-refractivity contribution in [3.8, 4) is 11.6 Å². The maximum absolute atomic E-state index is 10.6. The van der Waals surface area contributed by atoms with E-state index in [4.69, 9.17) is 21.4 Å². The number of aromatic nitrogens is 3. The van der Waals surface area contributed by atoms with Crippen molar-refractivity contribution in [1.29, 1.82) is 0 Å². The smallest absolute Gasteiger partial charge is 0.303 e. The second-order valence-corrected chi connectivity index (χ2v) is 4.40. The van der Waals surface area contributed by atoms with Gasteiger partial charge in [0.2, 0.25) is 5.88 Å². The fourth-order valence-electron chi connectivity index (χ4n) is 1.54. The van der Waals surface area contributed by atoms with Crippen LogP contribution in [0.25, 0.3) is 0 Å². The molecule has 2 aromatic rings. The van der Waals surface area contributed by atoms with E-state index in [2.05, 4.69) is 10.1 Å². The Morgan fingerprint density at radius 3 is 2.95 bits per heavy atom. The molecule has 0 radical (unpaired) electrons. The lowest BCUT2D eigenvalue weighted by atomic mass is 10.1. The van der Waals surface area contributed by atoms with Crippen LogP contribution in [0, 0.1) is 0 Å². The third-order valence-electron chi connectivity index (χ3n) is 2.40. The number of nitrogens with zero attached hydrogens (tertiary/aromatic N) is 3. The number of aryl methyl sites for hydroxylation is 2. The van der Waals surface area contributed by atoms with Crippen LogP contribution in [0.5, 0.6) is 11.6 Å². The second-order valence-electron chi connectivity index (χ2n) is 3.96. The lowest BCUT2D eigenvalue weighted by Gasteiger charge is -2.08. The molecule has 0 amide bonds. The van der Waals surface area contributed by atoms with Crippen molar-refractivity contribution >= 4 is 17.6 Å². The molecule has 0 saturated heterocycles. The number of halogens is 1. The van der Waals surface area contributed by atoms with E-state index in [0.717, 1.165) is 0 Å². The highest BCUT2D eigenvalue weighted by molar-refractivity contribution is 6.30. The van der Waals surface area contributed by atoms with Gasteiger partial charge in [-0.2, -0.15) is 5.10 Å². The summed E-state index contributed by atoms with van der Waals surface area (Å²) in [6.45, 7) is 0. The number of aliphatic carboxylic acids is 1. The Hall–Kier alpha value is -2.08. The van der Waals surface area contributed by atoms with E-state index < -0.39 is 5.97 Å². The van der Waals surface area contributed by atoms with Crippen LogP contribution < -0.4 is 4.74 Å². The number of hydrogen-bond donors (Lipinski definition) is 1. The van der Waals surface area contributed by atoms with E-state index in [9.17, 15) is 4.79 Å². The van der Waals surface area contributed by atoms with Crippen molar-refractivity contribution < 1.29 is 14.6 Å². The molecule has 0 atom stereocenters. The second kappa shape index (κ2) is 5.71. The minimum atomic E-state index is -0.882. The Balaban J connectivity index is 2.20. The quantitative estimate of drug-likeness (QED) is 0.910. The predicted molar refractivity (Wildman–Crippen MR) is 68.5 cm³/mol. The molecule has 100 valence electrons. The molecule has 0 aliphatic heterocycles. The van der Waals surface area contributed by atoms with Crippen molar-refractivity contribution in [2.45, 2.75) is 12.8 Å². The van der Waals surface area contributed by atoms with Gasteiger partial charge < -0.3 is 9.84 Å². The van der Waals surface area contributed by atoms with Crippen molar-refractivity contribution in [1.82, 2.24) is 14.8 Å². The van der Waals surface area contributed by atoms with Crippen molar-refractivity contribution in [2.75, 3.05) is 0 Å². The third-order valence-corrected chi connectivity index (χ3v) is 2.60. The van der Waals surface area contributed by atoms with Gasteiger partial charge in [-0.25, -0.2) is 4.98 Å². The summed E-state index contributed by atoms with van der Waals surface area (Å²) in [5.74, 6) is -0.000138. The largest absolute Gasteiger partial charge is 0.481 e. The van der Waals surface area contributed by atoms with Crippen LogP contribution >= 0.6 is 11.6 Å². The van der Waals surface area contributed by atoms with E-state index >= 15 is 0 Å². The molecule has 2 heterocycles. The molecular weight excluding hydrogens is 270 g/mol. The van der Waals surface area contributed by atoms with Crippen LogP contribution in [0.2, 0.25) is 5.02 Å². The highest BCUT2D eigenvalue weighted by atomic mass is 35.5. The molecule has 0 aliphatic carbocycles. The molecule has 0 spiro atoms. The van der Waals surface area contributed by atoms with Crippen LogP contribution in [-0.2, 0) is 18.3 Å². The van der Waals surface area contributed by atoms with Crippen LogP contribution in [0.3, 0.4) is 0 Å². The Morgan fingerprint density at radius 1 is 1.53 bits per heavy atom. The molecule has 2 rings (SSSR count). The normalized spacial score (nSPS) is 10.4. The van der Waals surface area contributed by atoms with Crippen molar-refractivity contribution in [2.24, 2.45) is 7.05 Å². The molecule has 0 bridgehead atoms. The fourth-order valence-corrected chi connectivity index (χ4v) is 1.72. The minimum absolute atomic E-state index is 0.00851. The summed E-state index contributed by atoms with van der Waals surface area (Å²) in [5.41, 5.74) is 0.652. The first kappa shape index (κ1) is 13.4. The minimum Gasteiger partial charge on any atom is -0.481 e. The molecule has 1 N–H and O–H groups in total. The maximum Gasteiger partial charge on any atom is 0.303 e. The molecule has 19 heavy (non-hydrogen) atoms. The Bertz CT molecular complexity index is 598. The Kier molecular flexibility index (Phi) is 4.01. The SMILES string of the molecule is Cn1cc(Oc2ncc(Cl)cc2CCC(=O)O)cn1. The summed E-state index contributed by atoms with van der Waals surface area (Å²) < 4.78 is 7.17. The monoisotopic (exact) mass is 281 g/mol. The van der Waals surface area contributed by atoms with Crippen LogP contribution in [0.4, 0.5) is 0 Å². The maximum atomic E-state index is 10.6. The Morgan fingerprint density at radius 2 is 2.32 bits per heavy atom. The van der Waals surface area contributed by atoms with Crippen LogP contribution in [-0.4, -0.2) is 25.8 Å². The molecule has 0 aliphatic rings. The van der Waals surface area contributed by atoms with Gasteiger partial charge in [-0.3, -0.25) is 9.48 Å². The van der Waals surface area contributed by atoms with E-state index in [0.29, 0.717) is 28.6 Å². The zero-order valence-electron chi connectivity index (χ0n) is 10.2. The molecule has 0 aromatic carbocycles. The Labute approximate surface area is 114 Å². The number of carboxylic acid groups (broad SMARTS) is 1. The average molecular weight is 282 g/mol. The molecule has 0 unspecified atom stereocenters. The van der Waals surface area contributed by atoms with Gasteiger partial charge in [0.25, 0.3) is 0 Å². The van der Waals surface area contributed by atoms with Gasteiger partial charge in [0.1, 0.15) is 0 Å². The van der Waals surface area contributed by atoms with Gasteiger partial charge in [-0.15, -0.1) is 0 Å². The number of carboxylic acids is 1. The lowest BCUT2D eigenvalue weighted by Crippen LogP contribution is -2.00. The molecule has 7 heteroatoms. The van der Waals surface area contributed by atoms with Crippen molar-refractivity contribution in [3.63, 3.8) is 0 Å². The first-order valence-corrected chi connectivity index (χ1v) is 5.95. The van der Waals surface area contributed by atoms with Crippen LogP contribution in [0.15, 0.2) is 24.7 Å². The van der Waals surface area contributed by atoms with Gasteiger partial charge in [0.15, 0.2) is 5.75 Å². The van der Waals surface area contributed by atoms with Gasteiger partial charge in [0, 0.05) is 25.2 Å². The molecule has 6 nitrogen and oxygen atoms in total. The molecule has 0 saturated carbocycles. The van der Waals surface area contributed by atoms with E-state index in [1.807, 2.05) is 0 Å². The first-order valence-electron chi connectivity index (χ1n) is 5.57. The molecule has 0 fully saturated rings. The lowest BCUT2D eigenvalue weighted by molar-refractivity contribution is -0.136. The number of rotatable bonds is 5. The van der Waals surface area contributed by atoms with Crippen LogP contribution in [0.1, 0.15) is 12.0 Å². The summed E-state index contributed by atoms with van der Waals surface area (Å²) in [6, 6.07) is 1.66. The topological polar surface area (TPSA) is 77.2 Å².